The summed E-state index contributed by atoms with van der Waals surface area (Å²) in [6, 6.07) is 11.4. The summed E-state index contributed by atoms with van der Waals surface area (Å²) in [7, 11) is 0. The topological polar surface area (TPSA) is 30.0 Å². The minimum Gasteiger partial charge on any atom is -0.295 e. The molecule has 86 valence electrons. The highest BCUT2D eigenvalue weighted by molar-refractivity contribution is 6.29. The molecule has 0 spiro atoms. The number of hydrogen-bond donors (Lipinski definition) is 0. The van der Waals surface area contributed by atoms with E-state index in [4.69, 9.17) is 11.6 Å². The number of carbonyl (C=O) groups is 1. The lowest BCUT2D eigenvalue weighted by molar-refractivity contribution is 0.101. The van der Waals surface area contributed by atoms with Gasteiger partial charge in [0.25, 0.3) is 0 Å². The molecule has 2 aromatic rings. The molecule has 17 heavy (non-hydrogen) atoms. The fourth-order valence-electron chi connectivity index (χ4n) is 1.69. The molecule has 0 aliphatic rings. The summed E-state index contributed by atoms with van der Waals surface area (Å²) in [6.45, 7) is 1.57. The third-order valence-electron chi connectivity index (χ3n) is 2.53. The van der Waals surface area contributed by atoms with E-state index in [1.165, 1.54) is 0 Å². The maximum Gasteiger partial charge on any atom is 0.159 e. The summed E-state index contributed by atoms with van der Waals surface area (Å²) >= 11 is 5.83. The molecular formula is C14H12ClNO. The Balaban J connectivity index is 2.24. The van der Waals surface area contributed by atoms with Gasteiger partial charge >= 0.3 is 0 Å². The monoisotopic (exact) mass is 245 g/mol. The Morgan fingerprint density at radius 2 is 2.00 bits per heavy atom. The minimum atomic E-state index is 0.0830. The molecule has 3 heteroatoms. The van der Waals surface area contributed by atoms with Gasteiger partial charge in [0.2, 0.25) is 0 Å². The minimum absolute atomic E-state index is 0.0830. The Morgan fingerprint density at radius 3 is 2.71 bits per heavy atom. The van der Waals surface area contributed by atoms with E-state index >= 15 is 0 Å². The number of rotatable bonds is 3. The molecule has 2 nitrogen and oxygen atoms in total. The highest BCUT2D eigenvalue weighted by Crippen LogP contribution is 2.14. The van der Waals surface area contributed by atoms with Crippen molar-refractivity contribution in [2.45, 2.75) is 13.3 Å². The molecule has 0 saturated carbocycles. The molecule has 0 radical (unpaired) electrons. The Labute approximate surface area is 105 Å². The molecule has 0 aliphatic heterocycles. The normalized spacial score (nSPS) is 10.2. The molecule has 0 atom stereocenters. The molecule has 1 heterocycles. The first-order valence-electron chi connectivity index (χ1n) is 5.35. The lowest BCUT2D eigenvalue weighted by Crippen LogP contribution is -1.95. The number of nitrogens with zero attached hydrogens (tertiary/aromatic N) is 1. The van der Waals surface area contributed by atoms with Crippen molar-refractivity contribution in [1.82, 2.24) is 4.98 Å². The van der Waals surface area contributed by atoms with Crippen LogP contribution in [-0.2, 0) is 6.42 Å². The number of halogens is 1. The number of carbonyl (C=O) groups excluding carboxylic acids is 1. The fraction of sp³-hybridized carbons (Fsp3) is 0.143. The predicted molar refractivity (Wildman–Crippen MR) is 68.5 cm³/mol. The average Bonchev–Trinajstić information content (AvgIpc) is 2.29. The molecule has 0 fully saturated rings. The smallest absolute Gasteiger partial charge is 0.159 e. The van der Waals surface area contributed by atoms with Gasteiger partial charge in [-0.3, -0.25) is 4.79 Å². The van der Waals surface area contributed by atoms with Gasteiger partial charge in [0.05, 0.1) is 0 Å². The highest BCUT2D eigenvalue weighted by Gasteiger charge is 2.02. The third kappa shape index (κ3) is 3.14. The Hall–Kier alpha value is -1.67. The highest BCUT2D eigenvalue weighted by atomic mass is 35.5. The summed E-state index contributed by atoms with van der Waals surface area (Å²) in [5.41, 5.74) is 2.92. The molecule has 0 amide bonds. The van der Waals surface area contributed by atoms with Crippen LogP contribution in [0.3, 0.4) is 0 Å². The predicted octanol–water partition coefficient (Wildman–Crippen LogP) is 3.53. The second-order valence-corrected chi connectivity index (χ2v) is 4.31. The van der Waals surface area contributed by atoms with E-state index in [2.05, 4.69) is 4.98 Å². The van der Waals surface area contributed by atoms with Crippen LogP contribution in [-0.4, -0.2) is 10.8 Å². The van der Waals surface area contributed by atoms with E-state index in [0.717, 1.165) is 23.1 Å². The van der Waals surface area contributed by atoms with Gasteiger partial charge in [-0.2, -0.15) is 0 Å². The number of benzene rings is 1. The molecule has 0 aliphatic carbocycles. The standard InChI is InChI=1S/C14H12ClNO/c1-10(17)13-4-2-3-11(8-13)7-12-5-6-16-14(15)9-12/h2-6,8-9H,7H2,1H3. The Kier molecular flexibility index (Phi) is 3.55. The quantitative estimate of drug-likeness (QED) is 0.612. The van der Waals surface area contributed by atoms with Gasteiger partial charge in [-0.15, -0.1) is 0 Å². The van der Waals surface area contributed by atoms with E-state index in [1.807, 2.05) is 36.4 Å². The lowest BCUT2D eigenvalue weighted by Gasteiger charge is -2.03. The summed E-state index contributed by atoms with van der Waals surface area (Å²) < 4.78 is 0. The van der Waals surface area contributed by atoms with Gasteiger partial charge < -0.3 is 0 Å². The van der Waals surface area contributed by atoms with Crippen LogP contribution >= 0.6 is 11.6 Å². The second kappa shape index (κ2) is 5.11. The van der Waals surface area contributed by atoms with E-state index in [9.17, 15) is 4.79 Å². The number of pyridine rings is 1. The molecule has 0 bridgehead atoms. The zero-order valence-corrected chi connectivity index (χ0v) is 10.2. The van der Waals surface area contributed by atoms with Crippen LogP contribution in [0.15, 0.2) is 42.6 Å². The number of aromatic nitrogens is 1. The molecule has 1 aromatic heterocycles. The second-order valence-electron chi connectivity index (χ2n) is 3.92. The number of Topliss-reactive ketones (excluding diaryl/α,β-unsaturated/α-hetero) is 1. The molecule has 2 rings (SSSR count). The Bertz CT molecular complexity index is 551. The van der Waals surface area contributed by atoms with Crippen molar-refractivity contribution in [3.63, 3.8) is 0 Å². The Morgan fingerprint density at radius 1 is 1.24 bits per heavy atom. The van der Waals surface area contributed by atoms with Crippen molar-refractivity contribution in [2.24, 2.45) is 0 Å². The first-order valence-corrected chi connectivity index (χ1v) is 5.73. The average molecular weight is 246 g/mol. The van der Waals surface area contributed by atoms with E-state index in [0.29, 0.717) is 5.15 Å². The lowest BCUT2D eigenvalue weighted by atomic mass is 10.0. The van der Waals surface area contributed by atoms with Gasteiger partial charge in [0.15, 0.2) is 5.78 Å². The van der Waals surface area contributed by atoms with Crippen molar-refractivity contribution in [2.75, 3.05) is 0 Å². The van der Waals surface area contributed by atoms with Crippen molar-refractivity contribution >= 4 is 17.4 Å². The summed E-state index contributed by atoms with van der Waals surface area (Å²) in [5, 5.41) is 0.491. The van der Waals surface area contributed by atoms with E-state index in [1.54, 1.807) is 13.1 Å². The number of ketones is 1. The van der Waals surface area contributed by atoms with Gasteiger partial charge in [-0.05, 0) is 42.7 Å². The first kappa shape index (κ1) is 11.8. The molecule has 0 N–H and O–H groups in total. The number of hydrogen-bond acceptors (Lipinski definition) is 2. The van der Waals surface area contributed by atoms with Crippen LogP contribution in [0.2, 0.25) is 5.15 Å². The largest absolute Gasteiger partial charge is 0.295 e. The zero-order valence-electron chi connectivity index (χ0n) is 9.48. The van der Waals surface area contributed by atoms with Crippen LogP contribution in [0.25, 0.3) is 0 Å². The SMILES string of the molecule is CC(=O)c1cccc(Cc2ccnc(Cl)c2)c1. The zero-order chi connectivity index (χ0) is 12.3. The molecule has 1 aromatic carbocycles. The molecular weight excluding hydrogens is 234 g/mol. The van der Waals surface area contributed by atoms with Gasteiger partial charge in [-0.25, -0.2) is 4.98 Å². The third-order valence-corrected chi connectivity index (χ3v) is 2.74. The van der Waals surface area contributed by atoms with Crippen LogP contribution in [0.5, 0.6) is 0 Å². The molecule has 0 unspecified atom stereocenters. The van der Waals surface area contributed by atoms with Gasteiger partial charge in [0.1, 0.15) is 5.15 Å². The maximum absolute atomic E-state index is 11.3. The van der Waals surface area contributed by atoms with Crippen LogP contribution in [0.4, 0.5) is 0 Å². The van der Waals surface area contributed by atoms with Gasteiger partial charge in [0, 0.05) is 11.8 Å². The van der Waals surface area contributed by atoms with Crippen molar-refractivity contribution in [3.8, 4) is 0 Å². The van der Waals surface area contributed by atoms with Crippen LogP contribution in [0, 0.1) is 0 Å². The molecule has 0 saturated heterocycles. The van der Waals surface area contributed by atoms with Gasteiger partial charge in [-0.1, -0.05) is 29.8 Å². The summed E-state index contributed by atoms with van der Waals surface area (Å²) in [6.07, 6.45) is 2.44. The fourth-order valence-corrected chi connectivity index (χ4v) is 1.89. The van der Waals surface area contributed by atoms with Crippen LogP contribution in [0.1, 0.15) is 28.4 Å². The summed E-state index contributed by atoms with van der Waals surface area (Å²) in [5.74, 6) is 0.0830. The first-order chi connectivity index (χ1) is 8.15. The van der Waals surface area contributed by atoms with E-state index < -0.39 is 0 Å². The van der Waals surface area contributed by atoms with Crippen LogP contribution < -0.4 is 0 Å². The van der Waals surface area contributed by atoms with E-state index in [-0.39, 0.29) is 5.78 Å². The maximum atomic E-state index is 11.3. The summed E-state index contributed by atoms with van der Waals surface area (Å²) in [4.78, 5) is 15.2. The van der Waals surface area contributed by atoms with Crippen molar-refractivity contribution < 1.29 is 4.79 Å². The van der Waals surface area contributed by atoms with Crippen molar-refractivity contribution in [1.29, 1.82) is 0 Å². The van der Waals surface area contributed by atoms with Crippen molar-refractivity contribution in [3.05, 3.63) is 64.4 Å².